The van der Waals surface area contributed by atoms with E-state index in [0.717, 1.165) is 6.54 Å². The Hall–Kier alpha value is -2.29. The molecule has 1 atom stereocenters. The average molecular weight is 369 g/mol. The van der Waals surface area contributed by atoms with Gasteiger partial charge in [0.25, 0.3) is 5.91 Å². The number of carbonyl (C=O) groups excluding carboxylic acids is 1. The number of halogens is 2. The Labute approximate surface area is 150 Å². The van der Waals surface area contributed by atoms with Gasteiger partial charge in [0.15, 0.2) is 5.69 Å². The molecule has 1 aromatic carbocycles. The number of ether oxygens (including phenoxy) is 2. The Balaban J connectivity index is 0.00000225. The number of carbonyl (C=O) groups is 1. The van der Waals surface area contributed by atoms with Crippen LogP contribution in [0.1, 0.15) is 22.2 Å². The molecule has 25 heavy (non-hydrogen) atoms. The van der Waals surface area contributed by atoms with Crippen molar-refractivity contribution in [3.8, 4) is 5.88 Å². The quantitative estimate of drug-likeness (QED) is 0.858. The van der Waals surface area contributed by atoms with Gasteiger partial charge in [-0.2, -0.15) is 0 Å². The second-order valence-corrected chi connectivity index (χ2v) is 5.20. The maximum absolute atomic E-state index is 14.3. The first-order valence-electron chi connectivity index (χ1n) is 7.46. The lowest BCUT2D eigenvalue weighted by molar-refractivity contribution is 0.0255. The molecule has 1 aliphatic heterocycles. The van der Waals surface area contributed by atoms with Crippen molar-refractivity contribution in [2.24, 2.45) is 0 Å². The molecular formula is C16H18ClFN4O3. The molecule has 0 aliphatic carbocycles. The van der Waals surface area contributed by atoms with E-state index in [1.165, 1.54) is 25.6 Å². The van der Waals surface area contributed by atoms with Crippen molar-refractivity contribution in [3.63, 3.8) is 0 Å². The summed E-state index contributed by atoms with van der Waals surface area (Å²) in [6.45, 7) is 1.85. The minimum Gasteiger partial charge on any atom is -0.480 e. The van der Waals surface area contributed by atoms with Crippen molar-refractivity contribution < 1.29 is 18.7 Å². The van der Waals surface area contributed by atoms with E-state index in [1.54, 1.807) is 12.1 Å². The van der Waals surface area contributed by atoms with Gasteiger partial charge in [0, 0.05) is 24.3 Å². The summed E-state index contributed by atoms with van der Waals surface area (Å²) in [5.41, 5.74) is 0.870. The van der Waals surface area contributed by atoms with Crippen LogP contribution < -0.4 is 15.4 Å². The molecule has 2 heterocycles. The van der Waals surface area contributed by atoms with Gasteiger partial charge >= 0.3 is 0 Å². The molecular weight excluding hydrogens is 351 g/mol. The van der Waals surface area contributed by atoms with Gasteiger partial charge in [0.2, 0.25) is 5.88 Å². The predicted molar refractivity (Wildman–Crippen MR) is 91.7 cm³/mol. The van der Waals surface area contributed by atoms with Crippen LogP contribution in [0.3, 0.4) is 0 Å². The molecule has 0 spiro atoms. The molecule has 3 rings (SSSR count). The van der Waals surface area contributed by atoms with E-state index in [1.807, 2.05) is 0 Å². The first kappa shape index (κ1) is 19.0. The maximum Gasteiger partial charge on any atom is 0.276 e. The largest absolute Gasteiger partial charge is 0.480 e. The third-order valence-corrected chi connectivity index (χ3v) is 3.59. The fourth-order valence-corrected chi connectivity index (χ4v) is 2.38. The smallest absolute Gasteiger partial charge is 0.276 e. The summed E-state index contributed by atoms with van der Waals surface area (Å²) >= 11 is 0. The summed E-state index contributed by atoms with van der Waals surface area (Å²) in [6, 6.07) is 4.50. The molecule has 7 nitrogen and oxygen atoms in total. The zero-order chi connectivity index (χ0) is 16.9. The molecule has 2 N–H and O–H groups in total. The Bertz CT molecular complexity index is 741. The molecule has 0 unspecified atom stereocenters. The van der Waals surface area contributed by atoms with Gasteiger partial charge in [-0.3, -0.25) is 9.78 Å². The minimum atomic E-state index is -0.496. The second-order valence-electron chi connectivity index (χ2n) is 5.20. The van der Waals surface area contributed by atoms with Crippen molar-refractivity contribution in [1.29, 1.82) is 0 Å². The normalized spacial score (nSPS) is 16.6. The summed E-state index contributed by atoms with van der Waals surface area (Å²) < 4.78 is 24.8. The second kappa shape index (κ2) is 8.70. The van der Waals surface area contributed by atoms with Gasteiger partial charge in [-0.1, -0.05) is 6.07 Å². The number of nitrogens with one attached hydrogen (secondary N) is 2. The van der Waals surface area contributed by atoms with Crippen molar-refractivity contribution in [2.75, 3.05) is 32.1 Å². The molecule has 1 aliphatic rings. The number of aromatic nitrogens is 2. The highest BCUT2D eigenvalue weighted by atomic mass is 35.5. The third kappa shape index (κ3) is 4.62. The number of amides is 1. The standard InChI is InChI=1S/C16H17FN4O3.ClH/c1-23-15-9-19-7-13(21-15)16(22)20-10-2-3-11(12(17)6-10)14-8-18-4-5-24-14;/h2-3,6-7,9,14,18H,4-5,8H2,1H3,(H,20,22);1H/t14-;/m0./s1. The fourth-order valence-electron chi connectivity index (χ4n) is 2.38. The highest BCUT2D eigenvalue weighted by Crippen LogP contribution is 2.24. The highest BCUT2D eigenvalue weighted by molar-refractivity contribution is 6.02. The van der Waals surface area contributed by atoms with Crippen LogP contribution in [0.2, 0.25) is 0 Å². The summed E-state index contributed by atoms with van der Waals surface area (Å²) in [5.74, 6) is -0.700. The van der Waals surface area contributed by atoms with Crippen LogP contribution >= 0.6 is 12.4 Å². The zero-order valence-electron chi connectivity index (χ0n) is 13.5. The van der Waals surface area contributed by atoms with Gasteiger partial charge in [-0.25, -0.2) is 9.37 Å². The number of methoxy groups -OCH3 is 1. The van der Waals surface area contributed by atoms with Crippen molar-refractivity contribution in [3.05, 3.63) is 47.7 Å². The number of benzene rings is 1. The first-order valence-corrected chi connectivity index (χ1v) is 7.46. The van der Waals surface area contributed by atoms with E-state index in [2.05, 4.69) is 20.6 Å². The monoisotopic (exact) mass is 368 g/mol. The van der Waals surface area contributed by atoms with E-state index in [-0.39, 0.29) is 30.1 Å². The van der Waals surface area contributed by atoms with Crippen molar-refractivity contribution >= 4 is 24.0 Å². The van der Waals surface area contributed by atoms with E-state index in [0.29, 0.717) is 24.4 Å². The van der Waals surface area contributed by atoms with Crippen LogP contribution in [-0.2, 0) is 4.74 Å². The molecule has 0 saturated carbocycles. The van der Waals surface area contributed by atoms with E-state index in [9.17, 15) is 9.18 Å². The summed E-state index contributed by atoms with van der Waals surface area (Å²) in [5, 5.41) is 5.74. The van der Waals surface area contributed by atoms with Gasteiger partial charge < -0.3 is 20.1 Å². The Kier molecular flexibility index (Phi) is 6.63. The lowest BCUT2D eigenvalue weighted by atomic mass is 10.1. The molecule has 1 aromatic heterocycles. The van der Waals surface area contributed by atoms with Gasteiger partial charge in [-0.05, 0) is 12.1 Å². The van der Waals surface area contributed by atoms with Crippen molar-refractivity contribution in [1.82, 2.24) is 15.3 Å². The SMILES string of the molecule is COc1cncc(C(=O)Nc2ccc([C@@H]3CNCCO3)c(F)c2)n1.Cl. The zero-order valence-corrected chi connectivity index (χ0v) is 14.3. The van der Waals surface area contributed by atoms with E-state index < -0.39 is 11.7 Å². The molecule has 0 radical (unpaired) electrons. The molecule has 9 heteroatoms. The van der Waals surface area contributed by atoms with Crippen LogP contribution in [-0.4, -0.2) is 42.7 Å². The van der Waals surface area contributed by atoms with Gasteiger partial charge in [0.05, 0.1) is 32.2 Å². The summed E-state index contributed by atoms with van der Waals surface area (Å²) in [4.78, 5) is 20.0. The third-order valence-electron chi connectivity index (χ3n) is 3.59. The van der Waals surface area contributed by atoms with Crippen LogP contribution in [0.15, 0.2) is 30.6 Å². The molecule has 2 aromatic rings. The first-order chi connectivity index (χ1) is 11.7. The number of anilines is 1. The molecule has 1 amide bonds. The molecule has 0 bridgehead atoms. The van der Waals surface area contributed by atoms with Crippen molar-refractivity contribution in [2.45, 2.75) is 6.10 Å². The summed E-state index contributed by atoms with van der Waals surface area (Å²) in [6.07, 6.45) is 2.38. The molecule has 1 fully saturated rings. The number of hydrogen-bond acceptors (Lipinski definition) is 6. The Morgan fingerprint density at radius 3 is 2.96 bits per heavy atom. The minimum absolute atomic E-state index is 0. The van der Waals surface area contributed by atoms with Gasteiger partial charge in [0.1, 0.15) is 5.82 Å². The highest BCUT2D eigenvalue weighted by Gasteiger charge is 2.20. The van der Waals surface area contributed by atoms with Crippen LogP contribution in [0, 0.1) is 5.82 Å². The Morgan fingerprint density at radius 2 is 2.28 bits per heavy atom. The predicted octanol–water partition coefficient (Wildman–Crippen LogP) is 1.96. The molecule has 134 valence electrons. The van der Waals surface area contributed by atoms with E-state index >= 15 is 0 Å². The number of nitrogens with zero attached hydrogens (tertiary/aromatic N) is 2. The average Bonchev–Trinajstić information content (AvgIpc) is 2.62. The molecule has 1 saturated heterocycles. The Morgan fingerprint density at radius 1 is 1.44 bits per heavy atom. The fraction of sp³-hybridized carbons (Fsp3) is 0.312. The lowest BCUT2D eigenvalue weighted by Gasteiger charge is -2.24. The summed E-state index contributed by atoms with van der Waals surface area (Å²) in [7, 11) is 1.43. The number of rotatable bonds is 4. The number of hydrogen-bond donors (Lipinski definition) is 2. The lowest BCUT2D eigenvalue weighted by Crippen LogP contribution is -2.33. The van der Waals surface area contributed by atoms with Gasteiger partial charge in [-0.15, -0.1) is 12.4 Å². The maximum atomic E-state index is 14.3. The van der Waals surface area contributed by atoms with E-state index in [4.69, 9.17) is 9.47 Å². The number of morpholine rings is 1. The van der Waals surface area contributed by atoms with Crippen LogP contribution in [0.25, 0.3) is 0 Å². The van der Waals surface area contributed by atoms with Crippen LogP contribution in [0.4, 0.5) is 10.1 Å². The topological polar surface area (TPSA) is 85.4 Å². The van der Waals surface area contributed by atoms with Crippen LogP contribution in [0.5, 0.6) is 5.88 Å².